The second kappa shape index (κ2) is 8.32. The highest BCUT2D eigenvalue weighted by atomic mass is 16.5. The van der Waals surface area contributed by atoms with Crippen LogP contribution in [0.4, 0.5) is 0 Å². The van der Waals surface area contributed by atoms with Crippen LogP contribution in [0.15, 0.2) is 30.0 Å². The first-order valence-electron chi connectivity index (χ1n) is 4.32. The predicted molar refractivity (Wildman–Crippen MR) is 53.2 cm³/mol. The Hall–Kier alpha value is -0.780. The Kier molecular flexibility index (Phi) is 7.78. The van der Waals surface area contributed by atoms with Crippen molar-refractivity contribution in [2.24, 2.45) is 0 Å². The maximum Gasteiger partial charge on any atom is 0.0649 e. The minimum Gasteiger partial charge on any atom is -0.377 e. The first kappa shape index (κ1) is 11.2. The fraction of sp³-hybridized carbons (Fsp3) is 0.545. The van der Waals surface area contributed by atoms with Crippen molar-refractivity contribution >= 4 is 0 Å². The topological polar surface area (TPSA) is 9.23 Å². The molecule has 1 nitrogen and oxygen atoms in total. The molecule has 1 heteroatoms. The van der Waals surface area contributed by atoms with Gasteiger partial charge < -0.3 is 4.74 Å². The molecule has 68 valence electrons. The summed E-state index contributed by atoms with van der Waals surface area (Å²) >= 11 is 0. The minimum absolute atomic E-state index is 0.736. The third-order valence-electron chi connectivity index (χ3n) is 1.39. The van der Waals surface area contributed by atoms with Gasteiger partial charge >= 0.3 is 0 Å². The summed E-state index contributed by atoms with van der Waals surface area (Å²) in [6.07, 6.45) is 6.09. The van der Waals surface area contributed by atoms with E-state index in [4.69, 9.17) is 4.74 Å². The van der Waals surface area contributed by atoms with Crippen molar-refractivity contribution in [1.29, 1.82) is 0 Å². The van der Waals surface area contributed by atoms with Crippen LogP contribution in [0.1, 0.15) is 26.7 Å². The summed E-state index contributed by atoms with van der Waals surface area (Å²) in [5, 5.41) is 0. The van der Waals surface area contributed by atoms with Crippen LogP contribution in [-0.4, -0.2) is 13.2 Å². The molecule has 0 bridgehead atoms. The summed E-state index contributed by atoms with van der Waals surface area (Å²) in [7, 11) is 0. The maximum atomic E-state index is 5.35. The fourth-order valence-corrected chi connectivity index (χ4v) is 0.698. The van der Waals surface area contributed by atoms with E-state index in [2.05, 4.69) is 32.2 Å². The molecule has 0 saturated heterocycles. The second-order valence-electron chi connectivity index (χ2n) is 2.91. The summed E-state index contributed by atoms with van der Waals surface area (Å²) < 4.78 is 5.35. The van der Waals surface area contributed by atoms with E-state index in [1.165, 1.54) is 5.57 Å². The largest absolute Gasteiger partial charge is 0.377 e. The van der Waals surface area contributed by atoms with Crippen molar-refractivity contribution in [2.75, 3.05) is 13.2 Å². The Bertz CT molecular complexity index is 169. The quantitative estimate of drug-likeness (QED) is 0.335. The van der Waals surface area contributed by atoms with Crippen molar-refractivity contribution in [2.45, 2.75) is 26.7 Å². The number of ether oxygens (including phenoxy) is 1. The van der Waals surface area contributed by atoms with Crippen LogP contribution < -0.4 is 0 Å². The standard InChI is InChI=1S/C11H18O/c1-4-5-6-7-9-12-10-8-11(2)3/h5,8H,1,6-7,9-10H2,2-3H3. The van der Waals surface area contributed by atoms with Crippen molar-refractivity contribution in [1.82, 2.24) is 0 Å². The van der Waals surface area contributed by atoms with Crippen molar-refractivity contribution in [3.63, 3.8) is 0 Å². The van der Waals surface area contributed by atoms with Gasteiger partial charge in [0.15, 0.2) is 0 Å². The Labute approximate surface area is 75.4 Å². The lowest BCUT2D eigenvalue weighted by molar-refractivity contribution is 0.160. The Morgan fingerprint density at radius 3 is 2.83 bits per heavy atom. The highest BCUT2D eigenvalue weighted by Crippen LogP contribution is 1.93. The molecule has 12 heavy (non-hydrogen) atoms. The highest BCUT2D eigenvalue weighted by molar-refractivity contribution is 4.92. The zero-order chi connectivity index (χ0) is 9.23. The number of hydrogen-bond acceptors (Lipinski definition) is 1. The first-order valence-corrected chi connectivity index (χ1v) is 4.32. The molecule has 0 heterocycles. The predicted octanol–water partition coefficient (Wildman–Crippen LogP) is 3.09. The first-order chi connectivity index (χ1) is 5.77. The normalized spacial score (nSPS) is 8.83. The van der Waals surface area contributed by atoms with E-state index in [1.54, 1.807) is 0 Å². The molecule has 0 N–H and O–H groups in total. The van der Waals surface area contributed by atoms with Gasteiger partial charge in [-0.3, -0.25) is 0 Å². The van der Waals surface area contributed by atoms with E-state index in [0.717, 1.165) is 26.1 Å². The van der Waals surface area contributed by atoms with Crippen LogP contribution in [-0.2, 0) is 4.74 Å². The molecule has 0 aromatic carbocycles. The summed E-state index contributed by atoms with van der Waals surface area (Å²) in [5.74, 6) is 0. The molecule has 0 fully saturated rings. The van der Waals surface area contributed by atoms with E-state index < -0.39 is 0 Å². The van der Waals surface area contributed by atoms with Crippen LogP contribution in [0.25, 0.3) is 0 Å². The molecule has 0 atom stereocenters. The molecule has 0 aromatic heterocycles. The monoisotopic (exact) mass is 166 g/mol. The van der Waals surface area contributed by atoms with Gasteiger partial charge in [-0.2, -0.15) is 0 Å². The lowest BCUT2D eigenvalue weighted by atomic mass is 10.3. The molecule has 0 spiro atoms. The molecular formula is C11H18O. The van der Waals surface area contributed by atoms with Gasteiger partial charge in [-0.1, -0.05) is 18.2 Å². The molecule has 0 aromatic rings. The zero-order valence-corrected chi connectivity index (χ0v) is 8.10. The molecule has 0 aliphatic heterocycles. The lowest BCUT2D eigenvalue weighted by Crippen LogP contribution is -1.93. The Morgan fingerprint density at radius 1 is 1.50 bits per heavy atom. The van der Waals surface area contributed by atoms with Gasteiger partial charge in [-0.05, 0) is 32.8 Å². The van der Waals surface area contributed by atoms with Gasteiger partial charge in [-0.15, -0.1) is 5.73 Å². The molecule has 0 rings (SSSR count). The van der Waals surface area contributed by atoms with Crippen molar-refractivity contribution in [3.8, 4) is 0 Å². The summed E-state index contributed by atoms with van der Waals surface area (Å²) in [4.78, 5) is 0. The summed E-state index contributed by atoms with van der Waals surface area (Å²) in [6, 6.07) is 0. The number of hydrogen-bond donors (Lipinski definition) is 0. The fourth-order valence-electron chi connectivity index (χ4n) is 0.698. The van der Waals surface area contributed by atoms with Gasteiger partial charge in [-0.25, -0.2) is 0 Å². The van der Waals surface area contributed by atoms with Crippen LogP contribution in [0, 0.1) is 0 Å². The number of rotatable bonds is 6. The maximum absolute atomic E-state index is 5.35. The van der Waals surface area contributed by atoms with Crippen molar-refractivity contribution < 1.29 is 4.74 Å². The number of allylic oxidation sites excluding steroid dienone is 2. The van der Waals surface area contributed by atoms with Crippen LogP contribution in [0.5, 0.6) is 0 Å². The van der Waals surface area contributed by atoms with E-state index in [1.807, 2.05) is 6.08 Å². The molecule has 0 unspecified atom stereocenters. The Balaban J connectivity index is 3.11. The van der Waals surface area contributed by atoms with E-state index in [9.17, 15) is 0 Å². The third kappa shape index (κ3) is 9.22. The molecule has 0 aliphatic carbocycles. The lowest BCUT2D eigenvalue weighted by Gasteiger charge is -1.98. The van der Waals surface area contributed by atoms with E-state index in [-0.39, 0.29) is 0 Å². The van der Waals surface area contributed by atoms with Gasteiger partial charge in [0.2, 0.25) is 0 Å². The van der Waals surface area contributed by atoms with Gasteiger partial charge in [0.25, 0.3) is 0 Å². The SMILES string of the molecule is C=C=CCCCOCC=C(C)C. The third-order valence-corrected chi connectivity index (χ3v) is 1.39. The van der Waals surface area contributed by atoms with Crippen LogP contribution in [0.2, 0.25) is 0 Å². The van der Waals surface area contributed by atoms with Crippen LogP contribution in [0.3, 0.4) is 0 Å². The van der Waals surface area contributed by atoms with Gasteiger partial charge in [0.1, 0.15) is 0 Å². The average Bonchev–Trinajstić information content (AvgIpc) is 2.02. The van der Waals surface area contributed by atoms with Gasteiger partial charge in [0.05, 0.1) is 6.61 Å². The molecule has 0 aliphatic rings. The zero-order valence-electron chi connectivity index (χ0n) is 8.10. The number of unbranched alkanes of at least 4 members (excludes halogenated alkanes) is 1. The smallest absolute Gasteiger partial charge is 0.0649 e. The van der Waals surface area contributed by atoms with E-state index in [0.29, 0.717) is 0 Å². The van der Waals surface area contributed by atoms with Crippen molar-refractivity contribution in [3.05, 3.63) is 30.0 Å². The molecule has 0 radical (unpaired) electrons. The minimum atomic E-state index is 0.736. The van der Waals surface area contributed by atoms with Gasteiger partial charge in [0, 0.05) is 6.61 Å². The molecule has 0 amide bonds. The average molecular weight is 166 g/mol. The summed E-state index contributed by atoms with van der Waals surface area (Å²) in [5.41, 5.74) is 4.04. The Morgan fingerprint density at radius 2 is 2.25 bits per heavy atom. The van der Waals surface area contributed by atoms with E-state index >= 15 is 0 Å². The van der Waals surface area contributed by atoms with Crippen LogP contribution >= 0.6 is 0 Å². The molecule has 0 saturated carbocycles. The highest BCUT2D eigenvalue weighted by Gasteiger charge is 1.84. The summed E-state index contributed by atoms with van der Waals surface area (Å²) in [6.45, 7) is 9.19. The second-order valence-corrected chi connectivity index (χ2v) is 2.91. The molecular weight excluding hydrogens is 148 g/mol.